The lowest BCUT2D eigenvalue weighted by Crippen LogP contribution is -2.19. The lowest BCUT2D eigenvalue weighted by Gasteiger charge is -2.12. The van der Waals surface area contributed by atoms with Gasteiger partial charge in [-0.15, -0.1) is 0 Å². The molecular formula is C13H15N3O2. The number of hydroxylamine groups is 1. The fraction of sp³-hybridized carbons (Fsp3) is 0.385. The molecule has 1 saturated heterocycles. The molecule has 0 aromatic heterocycles. The third-order valence-corrected chi connectivity index (χ3v) is 3.70. The minimum atomic E-state index is 0.120. The molecule has 0 saturated carbocycles. The zero-order chi connectivity index (χ0) is 12.7. The van der Waals surface area contributed by atoms with Gasteiger partial charge in [0.15, 0.2) is 0 Å². The lowest BCUT2D eigenvalue weighted by atomic mass is 10.0. The van der Waals surface area contributed by atoms with E-state index in [2.05, 4.69) is 10.8 Å². The van der Waals surface area contributed by atoms with Crippen LogP contribution in [0.2, 0.25) is 0 Å². The second kappa shape index (κ2) is 4.10. The van der Waals surface area contributed by atoms with Crippen molar-refractivity contribution in [2.24, 2.45) is 5.92 Å². The molecule has 0 radical (unpaired) electrons. The predicted molar refractivity (Wildman–Crippen MR) is 66.1 cm³/mol. The highest BCUT2D eigenvalue weighted by Crippen LogP contribution is 2.42. The second-order valence-corrected chi connectivity index (χ2v) is 4.72. The third-order valence-electron chi connectivity index (χ3n) is 3.70. The number of rotatable bonds is 2. The molecule has 2 atom stereocenters. The van der Waals surface area contributed by atoms with Crippen LogP contribution < -0.4 is 10.8 Å². The summed E-state index contributed by atoms with van der Waals surface area (Å²) in [7, 11) is 1.63. The van der Waals surface area contributed by atoms with Gasteiger partial charge in [0.25, 0.3) is 0 Å². The predicted octanol–water partition coefficient (Wildman–Crippen LogP) is 0.896. The van der Waals surface area contributed by atoms with Gasteiger partial charge in [0, 0.05) is 19.0 Å². The monoisotopic (exact) mass is 245 g/mol. The van der Waals surface area contributed by atoms with Crippen molar-refractivity contribution in [3.63, 3.8) is 0 Å². The van der Waals surface area contributed by atoms with E-state index in [-0.39, 0.29) is 17.8 Å². The molecule has 0 spiro atoms. The highest BCUT2D eigenvalue weighted by Gasteiger charge is 2.41. The van der Waals surface area contributed by atoms with E-state index < -0.39 is 0 Å². The molecule has 5 heteroatoms. The van der Waals surface area contributed by atoms with Gasteiger partial charge in [-0.2, -0.15) is 5.48 Å². The van der Waals surface area contributed by atoms with Crippen LogP contribution in [0.1, 0.15) is 29.2 Å². The van der Waals surface area contributed by atoms with E-state index in [4.69, 9.17) is 10.2 Å². The quantitative estimate of drug-likeness (QED) is 0.411. The minimum Gasteiger partial charge on any atom is -0.389 e. The van der Waals surface area contributed by atoms with Crippen LogP contribution in [-0.4, -0.2) is 18.9 Å². The Hall–Kier alpha value is -1.88. The summed E-state index contributed by atoms with van der Waals surface area (Å²) in [5.41, 5.74) is 5.60. The Morgan fingerprint density at radius 3 is 3.11 bits per heavy atom. The van der Waals surface area contributed by atoms with Crippen molar-refractivity contribution in [1.29, 1.82) is 5.41 Å². The van der Waals surface area contributed by atoms with E-state index in [1.165, 1.54) is 0 Å². The molecule has 1 fully saturated rings. The first-order valence-corrected chi connectivity index (χ1v) is 6.04. The molecule has 1 heterocycles. The van der Waals surface area contributed by atoms with Gasteiger partial charge in [0.1, 0.15) is 0 Å². The number of carbonyl (C=O) groups is 1. The Labute approximate surface area is 105 Å². The average molecular weight is 245 g/mol. The summed E-state index contributed by atoms with van der Waals surface area (Å²) in [4.78, 5) is 16.4. The van der Waals surface area contributed by atoms with Gasteiger partial charge in [-0.25, -0.2) is 0 Å². The van der Waals surface area contributed by atoms with E-state index in [0.717, 1.165) is 23.1 Å². The second-order valence-electron chi connectivity index (χ2n) is 4.72. The largest absolute Gasteiger partial charge is 0.389 e. The number of carbonyl (C=O) groups excluding carboxylic acids is 1. The van der Waals surface area contributed by atoms with Crippen molar-refractivity contribution in [3.8, 4) is 0 Å². The first-order chi connectivity index (χ1) is 8.70. The van der Waals surface area contributed by atoms with Crippen LogP contribution >= 0.6 is 0 Å². The van der Waals surface area contributed by atoms with Gasteiger partial charge in [-0.05, 0) is 29.5 Å². The van der Waals surface area contributed by atoms with Crippen molar-refractivity contribution in [2.75, 3.05) is 7.05 Å². The Kier molecular flexibility index (Phi) is 2.56. The fourth-order valence-corrected chi connectivity index (χ4v) is 2.98. The Morgan fingerprint density at radius 1 is 1.50 bits per heavy atom. The molecular weight excluding hydrogens is 230 g/mol. The van der Waals surface area contributed by atoms with Crippen LogP contribution in [0.25, 0.3) is 0 Å². The Balaban J connectivity index is 1.98. The molecule has 1 aliphatic heterocycles. The number of amides is 1. The van der Waals surface area contributed by atoms with Crippen LogP contribution in [0, 0.1) is 11.3 Å². The Bertz CT molecular complexity index is 527. The standard InChI is InChI=1S/C13H15N3O2/c1-15-18-13(14)9-4-2-3-8-10(9)5-7-6-11(17)16-12(7)8/h2-4,7,12,14-15H,5-6H2,1H3,(H,16,17)/t7?,12-/m0/s1. The summed E-state index contributed by atoms with van der Waals surface area (Å²) in [6.07, 6.45) is 1.42. The number of fused-ring (bicyclic) bond motifs is 3. The van der Waals surface area contributed by atoms with E-state index >= 15 is 0 Å². The average Bonchev–Trinajstić information content (AvgIpc) is 2.84. The molecule has 5 nitrogen and oxygen atoms in total. The van der Waals surface area contributed by atoms with Gasteiger partial charge in [0.05, 0.1) is 6.04 Å². The van der Waals surface area contributed by atoms with Crippen LogP contribution in [0.5, 0.6) is 0 Å². The topological polar surface area (TPSA) is 74.2 Å². The van der Waals surface area contributed by atoms with Crippen LogP contribution in [0.4, 0.5) is 0 Å². The van der Waals surface area contributed by atoms with E-state index in [0.29, 0.717) is 12.3 Å². The van der Waals surface area contributed by atoms with Crippen LogP contribution in [0.3, 0.4) is 0 Å². The van der Waals surface area contributed by atoms with E-state index in [1.54, 1.807) is 7.05 Å². The first-order valence-electron chi connectivity index (χ1n) is 6.04. The molecule has 1 amide bonds. The summed E-state index contributed by atoms with van der Waals surface area (Å²) >= 11 is 0. The van der Waals surface area contributed by atoms with Gasteiger partial charge < -0.3 is 10.2 Å². The maximum Gasteiger partial charge on any atom is 0.238 e. The third kappa shape index (κ3) is 1.59. The zero-order valence-corrected chi connectivity index (χ0v) is 10.1. The molecule has 1 aromatic carbocycles. The summed E-state index contributed by atoms with van der Waals surface area (Å²) < 4.78 is 0. The number of hydrogen-bond donors (Lipinski definition) is 3. The van der Waals surface area contributed by atoms with Crippen molar-refractivity contribution in [3.05, 3.63) is 34.9 Å². The molecule has 18 heavy (non-hydrogen) atoms. The summed E-state index contributed by atoms with van der Waals surface area (Å²) in [6.45, 7) is 0. The minimum absolute atomic E-state index is 0.120. The molecule has 3 rings (SSSR count). The molecule has 1 aromatic rings. The normalized spacial score (nSPS) is 24.4. The highest BCUT2D eigenvalue weighted by atomic mass is 16.6. The zero-order valence-electron chi connectivity index (χ0n) is 10.1. The molecule has 2 aliphatic rings. The van der Waals surface area contributed by atoms with Crippen molar-refractivity contribution in [1.82, 2.24) is 10.8 Å². The lowest BCUT2D eigenvalue weighted by molar-refractivity contribution is -0.119. The van der Waals surface area contributed by atoms with E-state index in [9.17, 15) is 4.79 Å². The maximum atomic E-state index is 11.4. The van der Waals surface area contributed by atoms with Crippen LogP contribution in [0.15, 0.2) is 18.2 Å². The highest BCUT2D eigenvalue weighted by molar-refractivity contribution is 5.94. The molecule has 0 bridgehead atoms. The van der Waals surface area contributed by atoms with Crippen LogP contribution in [-0.2, 0) is 16.1 Å². The fourth-order valence-electron chi connectivity index (χ4n) is 2.98. The number of benzene rings is 1. The summed E-state index contributed by atoms with van der Waals surface area (Å²) in [6, 6.07) is 5.95. The van der Waals surface area contributed by atoms with Crippen molar-refractivity contribution < 1.29 is 9.63 Å². The smallest absolute Gasteiger partial charge is 0.238 e. The van der Waals surface area contributed by atoms with Gasteiger partial charge in [-0.1, -0.05) is 12.1 Å². The summed E-state index contributed by atoms with van der Waals surface area (Å²) in [5, 5.41) is 10.9. The summed E-state index contributed by atoms with van der Waals surface area (Å²) in [5.74, 6) is 0.583. The molecule has 1 aliphatic carbocycles. The van der Waals surface area contributed by atoms with E-state index in [1.807, 2.05) is 18.2 Å². The van der Waals surface area contributed by atoms with Gasteiger partial charge in [-0.3, -0.25) is 10.2 Å². The van der Waals surface area contributed by atoms with Gasteiger partial charge >= 0.3 is 0 Å². The Morgan fingerprint density at radius 2 is 2.33 bits per heavy atom. The molecule has 1 unspecified atom stereocenters. The molecule has 3 N–H and O–H groups in total. The SMILES string of the molecule is CNOC(=N)c1cccc2c1CC1CC(=O)N[C@H]21. The number of hydrogen-bond acceptors (Lipinski definition) is 4. The number of nitrogens with one attached hydrogen (secondary N) is 3. The van der Waals surface area contributed by atoms with Crippen molar-refractivity contribution >= 4 is 11.8 Å². The van der Waals surface area contributed by atoms with Gasteiger partial charge in [0.2, 0.25) is 11.8 Å². The molecule has 94 valence electrons. The van der Waals surface area contributed by atoms with Crippen molar-refractivity contribution in [2.45, 2.75) is 18.9 Å². The first kappa shape index (κ1) is 11.2. The maximum absolute atomic E-state index is 11.4.